The lowest BCUT2D eigenvalue weighted by Gasteiger charge is -2.29. The Morgan fingerprint density at radius 3 is 2.24 bits per heavy atom. The maximum Gasteiger partial charge on any atom is 0.326 e. The number of carboxylic acid groups (broad SMARTS) is 1. The zero-order valence-electron chi connectivity index (χ0n) is 24.0. The van der Waals surface area contributed by atoms with Crippen molar-refractivity contribution in [3.05, 3.63) is 53.6 Å². The fourth-order valence-corrected chi connectivity index (χ4v) is 4.37. The summed E-state index contributed by atoms with van der Waals surface area (Å²) < 4.78 is 10.8. The topological polar surface area (TPSA) is 102 Å². The number of amides is 1. The van der Waals surface area contributed by atoms with Gasteiger partial charge in [-0.1, -0.05) is 51.1 Å². The Bertz CT molecular complexity index is 1130. The van der Waals surface area contributed by atoms with Crippen LogP contribution in [0.4, 0.5) is 0 Å². The van der Waals surface area contributed by atoms with Crippen LogP contribution in [-0.4, -0.2) is 41.7 Å². The van der Waals surface area contributed by atoms with Crippen molar-refractivity contribution < 1.29 is 29.0 Å². The van der Waals surface area contributed by atoms with Gasteiger partial charge in [-0.15, -0.1) is 0 Å². The number of esters is 1. The van der Waals surface area contributed by atoms with Crippen LogP contribution in [0.1, 0.15) is 71.9 Å². The molecule has 0 aromatic heterocycles. The number of hydrogen-bond acceptors (Lipinski definition) is 5. The summed E-state index contributed by atoms with van der Waals surface area (Å²) in [5.41, 5.74) is 3.11. The van der Waals surface area contributed by atoms with Gasteiger partial charge in [-0.25, -0.2) is 4.79 Å². The van der Waals surface area contributed by atoms with Crippen molar-refractivity contribution in [3.63, 3.8) is 0 Å². The van der Waals surface area contributed by atoms with Crippen LogP contribution in [-0.2, 0) is 25.5 Å². The molecule has 2 unspecified atom stereocenters. The van der Waals surface area contributed by atoms with E-state index in [2.05, 4.69) is 30.4 Å². The van der Waals surface area contributed by atoms with Gasteiger partial charge in [0.15, 0.2) is 0 Å². The second-order valence-corrected chi connectivity index (χ2v) is 11.9. The van der Waals surface area contributed by atoms with E-state index in [0.29, 0.717) is 12.8 Å². The third-order valence-electron chi connectivity index (χ3n) is 6.29. The van der Waals surface area contributed by atoms with E-state index < -0.39 is 40.8 Å². The van der Waals surface area contributed by atoms with Crippen LogP contribution in [0.5, 0.6) is 5.75 Å². The lowest BCUT2D eigenvalue weighted by atomic mass is 9.86. The molecule has 0 saturated heterocycles. The number of carbonyl (C=O) groups excluding carboxylic acids is 2. The van der Waals surface area contributed by atoms with Gasteiger partial charge >= 0.3 is 11.9 Å². The van der Waals surface area contributed by atoms with Gasteiger partial charge in [-0.3, -0.25) is 9.59 Å². The van der Waals surface area contributed by atoms with Crippen molar-refractivity contribution in [2.75, 3.05) is 7.11 Å². The number of hydrogen-bond donors (Lipinski definition) is 2. The minimum atomic E-state index is -1.10. The minimum absolute atomic E-state index is 0.104. The highest BCUT2D eigenvalue weighted by atomic mass is 16.6. The molecule has 0 radical (unpaired) electrons. The van der Waals surface area contributed by atoms with Gasteiger partial charge in [0, 0.05) is 5.92 Å². The molecular weight excluding hydrogens is 482 g/mol. The van der Waals surface area contributed by atoms with E-state index in [4.69, 9.17) is 9.47 Å². The van der Waals surface area contributed by atoms with Crippen molar-refractivity contribution >= 4 is 17.8 Å². The molecule has 0 spiro atoms. The predicted octanol–water partition coefficient (Wildman–Crippen LogP) is 5.96. The fourth-order valence-electron chi connectivity index (χ4n) is 4.37. The molecular formula is C31H43NO6. The van der Waals surface area contributed by atoms with Crippen molar-refractivity contribution in [3.8, 4) is 16.9 Å². The Balaban J connectivity index is 2.13. The largest absolute Gasteiger partial charge is 0.497 e. The molecule has 2 N–H and O–H groups in total. The van der Waals surface area contributed by atoms with E-state index in [9.17, 15) is 19.5 Å². The number of aryl methyl sites for hydroxylation is 2. The van der Waals surface area contributed by atoms with Crippen molar-refractivity contribution in [2.45, 2.75) is 85.8 Å². The summed E-state index contributed by atoms with van der Waals surface area (Å²) in [6, 6.07) is 13.2. The number of carbonyl (C=O) groups is 3. The molecule has 0 saturated carbocycles. The third kappa shape index (κ3) is 9.51. The number of nitrogens with one attached hydrogen (secondary N) is 1. The number of ether oxygens (including phenoxy) is 2. The molecule has 0 bridgehead atoms. The second kappa shape index (κ2) is 12.9. The standard InChI is InChI=1S/C31H43NO6/c1-20-17-21(15-16-25(20)22-12-10-14-24(18-22)37-8)11-9-13-23(19-26(33)38-31(5,6)7)28(34)32-27(29(35)36)30(2,3)4/h10,12,14-18,23,27H,9,11,13,19H2,1-8H3,(H,32,34)(H,35,36). The van der Waals surface area contributed by atoms with Crippen LogP contribution < -0.4 is 10.1 Å². The summed E-state index contributed by atoms with van der Waals surface area (Å²) in [5.74, 6) is -1.90. The van der Waals surface area contributed by atoms with E-state index in [-0.39, 0.29) is 6.42 Å². The predicted molar refractivity (Wildman–Crippen MR) is 149 cm³/mol. The maximum atomic E-state index is 13.2. The molecule has 7 nitrogen and oxygen atoms in total. The maximum absolute atomic E-state index is 13.2. The smallest absolute Gasteiger partial charge is 0.326 e. The summed E-state index contributed by atoms with van der Waals surface area (Å²) in [6.07, 6.45) is 1.71. The van der Waals surface area contributed by atoms with E-state index in [1.54, 1.807) is 48.7 Å². The molecule has 2 aromatic carbocycles. The van der Waals surface area contributed by atoms with E-state index >= 15 is 0 Å². The number of methoxy groups -OCH3 is 1. The van der Waals surface area contributed by atoms with Crippen LogP contribution in [0.2, 0.25) is 0 Å². The van der Waals surface area contributed by atoms with Crippen LogP contribution >= 0.6 is 0 Å². The fraction of sp³-hybridized carbons (Fsp3) is 0.516. The van der Waals surface area contributed by atoms with E-state index in [1.807, 2.05) is 24.3 Å². The average molecular weight is 526 g/mol. The Morgan fingerprint density at radius 1 is 1.00 bits per heavy atom. The SMILES string of the molecule is COc1cccc(-c2ccc(CCCC(CC(=O)OC(C)(C)C)C(=O)NC(C(=O)O)C(C)(C)C)cc2C)c1. The summed E-state index contributed by atoms with van der Waals surface area (Å²) in [7, 11) is 1.65. The molecule has 38 heavy (non-hydrogen) atoms. The molecule has 7 heteroatoms. The third-order valence-corrected chi connectivity index (χ3v) is 6.29. The molecule has 2 aromatic rings. The molecule has 1 amide bonds. The number of aliphatic carboxylic acids is 1. The monoisotopic (exact) mass is 525 g/mol. The summed E-state index contributed by atoms with van der Waals surface area (Å²) >= 11 is 0. The Hall–Kier alpha value is -3.35. The quantitative estimate of drug-likeness (QED) is 0.351. The number of benzene rings is 2. The molecule has 0 aliphatic rings. The first-order valence-corrected chi connectivity index (χ1v) is 13.1. The zero-order valence-corrected chi connectivity index (χ0v) is 24.0. The average Bonchev–Trinajstić information content (AvgIpc) is 2.79. The first kappa shape index (κ1) is 30.9. The molecule has 208 valence electrons. The summed E-state index contributed by atoms with van der Waals surface area (Å²) in [4.78, 5) is 37.5. The number of carboxylic acids is 1. The van der Waals surface area contributed by atoms with Gasteiger partial charge < -0.3 is 19.9 Å². The number of rotatable bonds is 11. The minimum Gasteiger partial charge on any atom is -0.497 e. The Kier molecular flexibility index (Phi) is 10.5. The van der Waals surface area contributed by atoms with Crippen LogP contribution in [0.25, 0.3) is 11.1 Å². The van der Waals surface area contributed by atoms with Gasteiger partial charge in [-0.05, 0) is 86.8 Å². The normalized spacial score (nSPS) is 13.4. The first-order chi connectivity index (χ1) is 17.6. The highest BCUT2D eigenvalue weighted by molar-refractivity contribution is 5.88. The zero-order chi connectivity index (χ0) is 28.7. The van der Waals surface area contributed by atoms with Gasteiger partial charge in [0.2, 0.25) is 5.91 Å². The highest BCUT2D eigenvalue weighted by Crippen LogP contribution is 2.28. The Labute approximate surface area is 226 Å². The van der Waals surface area contributed by atoms with E-state index in [1.165, 1.54) is 0 Å². The van der Waals surface area contributed by atoms with Gasteiger partial charge in [-0.2, -0.15) is 0 Å². The lowest BCUT2D eigenvalue weighted by molar-refractivity contribution is -0.157. The molecule has 2 atom stereocenters. The van der Waals surface area contributed by atoms with Gasteiger partial charge in [0.1, 0.15) is 17.4 Å². The molecule has 0 heterocycles. The van der Waals surface area contributed by atoms with Crippen molar-refractivity contribution in [2.24, 2.45) is 11.3 Å². The highest BCUT2D eigenvalue weighted by Gasteiger charge is 2.35. The Morgan fingerprint density at radius 2 is 1.68 bits per heavy atom. The van der Waals surface area contributed by atoms with Gasteiger partial charge in [0.25, 0.3) is 0 Å². The lowest BCUT2D eigenvalue weighted by Crippen LogP contribution is -2.51. The molecule has 0 aliphatic heterocycles. The van der Waals surface area contributed by atoms with Crippen LogP contribution in [0.3, 0.4) is 0 Å². The van der Waals surface area contributed by atoms with E-state index in [0.717, 1.165) is 34.4 Å². The molecule has 0 fully saturated rings. The second-order valence-electron chi connectivity index (χ2n) is 11.9. The van der Waals surface area contributed by atoms with Crippen molar-refractivity contribution in [1.82, 2.24) is 5.32 Å². The van der Waals surface area contributed by atoms with Crippen LogP contribution in [0.15, 0.2) is 42.5 Å². The molecule has 0 aliphatic carbocycles. The van der Waals surface area contributed by atoms with Gasteiger partial charge in [0.05, 0.1) is 13.5 Å². The molecule has 2 rings (SSSR count). The van der Waals surface area contributed by atoms with Crippen molar-refractivity contribution in [1.29, 1.82) is 0 Å². The first-order valence-electron chi connectivity index (χ1n) is 13.1. The summed E-state index contributed by atoms with van der Waals surface area (Å²) in [5, 5.41) is 12.3. The van der Waals surface area contributed by atoms with Crippen LogP contribution in [0, 0.1) is 18.3 Å². The summed E-state index contributed by atoms with van der Waals surface area (Å²) in [6.45, 7) is 12.7.